The normalized spacial score (nSPS) is 12.6. The van der Waals surface area contributed by atoms with Crippen molar-refractivity contribution in [2.24, 2.45) is 0 Å². The van der Waals surface area contributed by atoms with Crippen LogP contribution < -0.4 is 5.32 Å². The summed E-state index contributed by atoms with van der Waals surface area (Å²) in [5.41, 5.74) is 2.75. The highest BCUT2D eigenvalue weighted by Gasteiger charge is 2.14. The summed E-state index contributed by atoms with van der Waals surface area (Å²) in [5.74, 6) is 0. The highest BCUT2D eigenvalue weighted by Crippen LogP contribution is 2.26. The predicted octanol–water partition coefficient (Wildman–Crippen LogP) is 4.99. The van der Waals surface area contributed by atoms with Gasteiger partial charge in [-0.05, 0) is 61.0 Å². The molecule has 3 heteroatoms. The topological polar surface area (TPSA) is 12.0 Å². The molecule has 2 rings (SSSR count). The first-order valence-corrected chi connectivity index (χ1v) is 7.98. The van der Waals surface area contributed by atoms with Crippen molar-refractivity contribution < 1.29 is 0 Å². The van der Waals surface area contributed by atoms with Crippen LogP contribution in [0.1, 0.15) is 35.4 Å². The number of rotatable bonds is 6. The molecule has 0 fully saturated rings. The molecule has 1 aromatic carbocycles. The molecule has 1 atom stereocenters. The SMILES string of the molecule is CCCNC(Cc1ccc(Cl)cc1)c1ccsc1C. The molecular formula is C16H20ClNS. The summed E-state index contributed by atoms with van der Waals surface area (Å²) in [5, 5.41) is 6.62. The summed E-state index contributed by atoms with van der Waals surface area (Å²) in [6.07, 6.45) is 2.16. The smallest absolute Gasteiger partial charge is 0.0406 e. The van der Waals surface area contributed by atoms with Gasteiger partial charge in [0.2, 0.25) is 0 Å². The van der Waals surface area contributed by atoms with E-state index in [-0.39, 0.29) is 0 Å². The second-order valence-corrected chi connectivity index (χ2v) is 6.33. The molecular weight excluding hydrogens is 274 g/mol. The third kappa shape index (κ3) is 4.07. The van der Waals surface area contributed by atoms with Gasteiger partial charge in [0.05, 0.1) is 0 Å². The standard InChI is InChI=1S/C16H20ClNS/c1-3-9-18-16(15-8-10-19-12(15)2)11-13-4-6-14(17)7-5-13/h4-8,10,16,18H,3,9,11H2,1-2H3. The fraction of sp³-hybridized carbons (Fsp3) is 0.375. The van der Waals surface area contributed by atoms with Crippen LogP contribution in [0, 0.1) is 6.92 Å². The van der Waals surface area contributed by atoms with Crippen LogP contribution in [-0.2, 0) is 6.42 Å². The van der Waals surface area contributed by atoms with Gasteiger partial charge in [-0.1, -0.05) is 30.7 Å². The Bertz CT molecular complexity index is 504. The molecule has 1 heterocycles. The lowest BCUT2D eigenvalue weighted by molar-refractivity contribution is 0.529. The molecule has 0 saturated carbocycles. The fourth-order valence-corrected chi connectivity index (χ4v) is 3.11. The Morgan fingerprint density at radius 3 is 2.53 bits per heavy atom. The van der Waals surface area contributed by atoms with Gasteiger partial charge in [-0.15, -0.1) is 11.3 Å². The molecule has 1 aromatic heterocycles. The van der Waals surface area contributed by atoms with E-state index in [4.69, 9.17) is 11.6 Å². The molecule has 0 aliphatic carbocycles. The summed E-state index contributed by atoms with van der Waals surface area (Å²) >= 11 is 7.76. The maximum Gasteiger partial charge on any atom is 0.0406 e. The summed E-state index contributed by atoms with van der Waals surface area (Å²) in [6.45, 7) is 5.45. The van der Waals surface area contributed by atoms with Crippen LogP contribution in [0.2, 0.25) is 5.02 Å². The van der Waals surface area contributed by atoms with E-state index in [1.807, 2.05) is 23.5 Å². The Kier molecular flexibility index (Phi) is 5.44. The number of thiophene rings is 1. The number of hydrogen-bond donors (Lipinski definition) is 1. The fourth-order valence-electron chi connectivity index (χ4n) is 2.22. The van der Waals surface area contributed by atoms with Crippen molar-refractivity contribution in [1.82, 2.24) is 5.32 Å². The van der Waals surface area contributed by atoms with Crippen molar-refractivity contribution in [2.75, 3.05) is 6.54 Å². The van der Waals surface area contributed by atoms with Crippen LogP contribution in [0.25, 0.3) is 0 Å². The van der Waals surface area contributed by atoms with Crippen LogP contribution in [0.5, 0.6) is 0 Å². The molecule has 0 bridgehead atoms. The van der Waals surface area contributed by atoms with E-state index in [9.17, 15) is 0 Å². The monoisotopic (exact) mass is 293 g/mol. The van der Waals surface area contributed by atoms with Gasteiger partial charge in [0.15, 0.2) is 0 Å². The van der Waals surface area contributed by atoms with Gasteiger partial charge < -0.3 is 5.32 Å². The third-order valence-corrected chi connectivity index (χ3v) is 4.38. The molecule has 0 aliphatic rings. The second kappa shape index (κ2) is 7.09. The third-order valence-electron chi connectivity index (χ3n) is 3.27. The zero-order valence-corrected chi connectivity index (χ0v) is 13.0. The Hall–Kier alpha value is -0.830. The van der Waals surface area contributed by atoms with Crippen LogP contribution in [0.3, 0.4) is 0 Å². The molecule has 1 N–H and O–H groups in total. The van der Waals surface area contributed by atoms with Crippen LogP contribution in [0.4, 0.5) is 0 Å². The lowest BCUT2D eigenvalue weighted by Crippen LogP contribution is -2.24. The second-order valence-electron chi connectivity index (χ2n) is 4.77. The van der Waals surface area contributed by atoms with Crippen molar-refractivity contribution in [3.8, 4) is 0 Å². The first-order chi connectivity index (χ1) is 9.20. The largest absolute Gasteiger partial charge is 0.310 e. The minimum Gasteiger partial charge on any atom is -0.310 e. The minimum absolute atomic E-state index is 0.396. The average Bonchev–Trinajstić information content (AvgIpc) is 2.83. The average molecular weight is 294 g/mol. The highest BCUT2D eigenvalue weighted by atomic mass is 35.5. The van der Waals surface area contributed by atoms with E-state index in [1.54, 1.807) is 0 Å². The summed E-state index contributed by atoms with van der Waals surface area (Å²) in [4.78, 5) is 1.41. The maximum atomic E-state index is 5.94. The van der Waals surface area contributed by atoms with Gasteiger partial charge in [0.25, 0.3) is 0 Å². The zero-order chi connectivity index (χ0) is 13.7. The molecule has 0 spiro atoms. The van der Waals surface area contributed by atoms with E-state index >= 15 is 0 Å². The van der Waals surface area contributed by atoms with Crippen LogP contribution in [-0.4, -0.2) is 6.54 Å². The molecule has 19 heavy (non-hydrogen) atoms. The molecule has 1 unspecified atom stereocenters. The highest BCUT2D eigenvalue weighted by molar-refractivity contribution is 7.10. The summed E-state index contributed by atoms with van der Waals surface area (Å²) in [7, 11) is 0. The molecule has 1 nitrogen and oxygen atoms in total. The first-order valence-electron chi connectivity index (χ1n) is 6.72. The number of hydrogen-bond acceptors (Lipinski definition) is 2. The van der Waals surface area contributed by atoms with Crippen LogP contribution in [0.15, 0.2) is 35.7 Å². The number of halogens is 1. The van der Waals surface area contributed by atoms with E-state index in [0.717, 1.165) is 24.4 Å². The lowest BCUT2D eigenvalue weighted by Gasteiger charge is -2.19. The first kappa shape index (κ1) is 14.6. The Morgan fingerprint density at radius 1 is 1.21 bits per heavy atom. The lowest BCUT2D eigenvalue weighted by atomic mass is 9.99. The van der Waals surface area contributed by atoms with Gasteiger partial charge in [-0.3, -0.25) is 0 Å². The molecule has 0 saturated heterocycles. The van der Waals surface area contributed by atoms with E-state index in [2.05, 4.69) is 42.7 Å². The van der Waals surface area contributed by atoms with Crippen molar-refractivity contribution in [3.05, 3.63) is 56.7 Å². The van der Waals surface area contributed by atoms with Gasteiger partial charge in [-0.2, -0.15) is 0 Å². The number of benzene rings is 1. The molecule has 2 aromatic rings. The predicted molar refractivity (Wildman–Crippen MR) is 85.2 cm³/mol. The van der Waals surface area contributed by atoms with Crippen LogP contribution >= 0.6 is 22.9 Å². The quantitative estimate of drug-likeness (QED) is 0.791. The molecule has 0 aliphatic heterocycles. The van der Waals surface area contributed by atoms with Crippen molar-refractivity contribution in [3.63, 3.8) is 0 Å². The van der Waals surface area contributed by atoms with Crippen molar-refractivity contribution in [1.29, 1.82) is 0 Å². The van der Waals surface area contributed by atoms with Gasteiger partial charge in [-0.25, -0.2) is 0 Å². The molecule has 102 valence electrons. The minimum atomic E-state index is 0.396. The molecule has 0 amide bonds. The Morgan fingerprint density at radius 2 is 1.95 bits per heavy atom. The van der Waals surface area contributed by atoms with Gasteiger partial charge in [0.1, 0.15) is 0 Å². The maximum absolute atomic E-state index is 5.94. The Labute approximate surface area is 124 Å². The Balaban J connectivity index is 2.14. The number of aryl methyl sites for hydroxylation is 1. The van der Waals surface area contributed by atoms with Gasteiger partial charge in [0, 0.05) is 15.9 Å². The number of nitrogens with one attached hydrogen (secondary N) is 1. The zero-order valence-electron chi connectivity index (χ0n) is 11.4. The van der Waals surface area contributed by atoms with E-state index in [1.165, 1.54) is 16.0 Å². The van der Waals surface area contributed by atoms with E-state index in [0.29, 0.717) is 6.04 Å². The summed E-state index contributed by atoms with van der Waals surface area (Å²) in [6, 6.07) is 10.8. The van der Waals surface area contributed by atoms with Gasteiger partial charge >= 0.3 is 0 Å². The van der Waals surface area contributed by atoms with Crippen molar-refractivity contribution >= 4 is 22.9 Å². The summed E-state index contributed by atoms with van der Waals surface area (Å²) < 4.78 is 0. The van der Waals surface area contributed by atoms with E-state index < -0.39 is 0 Å². The van der Waals surface area contributed by atoms with Crippen molar-refractivity contribution in [2.45, 2.75) is 32.7 Å². The molecule has 0 radical (unpaired) electrons.